The number of hydrogen-bond donors (Lipinski definition) is 1. The fourth-order valence-corrected chi connectivity index (χ4v) is 2.50. The maximum absolute atomic E-state index is 12.3. The maximum atomic E-state index is 12.3. The van der Waals surface area contributed by atoms with E-state index in [1.54, 1.807) is 42.5 Å². The Labute approximate surface area is 157 Å². The number of carbonyl (C=O) groups is 2. The molecule has 2 aromatic carbocycles. The molecule has 1 N–H and O–H groups in total. The molecule has 0 aromatic heterocycles. The number of rotatable bonds is 6. The molecule has 1 heterocycles. The minimum absolute atomic E-state index is 0.345. The molecule has 0 aliphatic carbocycles. The van der Waals surface area contributed by atoms with Crippen LogP contribution < -0.4 is 19.5 Å². The number of benzene rings is 2. The molecule has 0 unspecified atom stereocenters. The van der Waals surface area contributed by atoms with Crippen molar-refractivity contribution < 1.29 is 28.5 Å². The Hall–Kier alpha value is -3.22. The summed E-state index contributed by atoms with van der Waals surface area (Å²) in [6.45, 7) is 4.89. The quantitative estimate of drug-likeness (QED) is 0.786. The third kappa shape index (κ3) is 4.69. The summed E-state index contributed by atoms with van der Waals surface area (Å²) in [6, 6.07) is 11.7. The first-order valence-electron chi connectivity index (χ1n) is 8.71. The summed E-state index contributed by atoms with van der Waals surface area (Å²) < 4.78 is 21.5. The lowest BCUT2D eigenvalue weighted by atomic mass is 10.2. The molecule has 0 saturated carbocycles. The van der Waals surface area contributed by atoms with E-state index in [1.807, 2.05) is 6.92 Å². The number of ether oxygens (including phenoxy) is 4. The molecule has 1 atom stereocenters. The number of hydrogen-bond acceptors (Lipinski definition) is 6. The molecule has 0 saturated heterocycles. The molecule has 3 rings (SSSR count). The first kappa shape index (κ1) is 18.6. The van der Waals surface area contributed by atoms with Crippen LogP contribution in [0.1, 0.15) is 24.2 Å². The van der Waals surface area contributed by atoms with Gasteiger partial charge in [0.2, 0.25) is 0 Å². The highest BCUT2D eigenvalue weighted by atomic mass is 16.6. The van der Waals surface area contributed by atoms with Gasteiger partial charge in [0.25, 0.3) is 5.91 Å². The third-order valence-electron chi connectivity index (χ3n) is 3.86. The van der Waals surface area contributed by atoms with Crippen molar-refractivity contribution in [3.63, 3.8) is 0 Å². The smallest absolute Gasteiger partial charge is 0.338 e. The summed E-state index contributed by atoms with van der Waals surface area (Å²) in [6.07, 6.45) is -0.961. The molecule has 7 heteroatoms. The molecule has 1 aliphatic rings. The Balaban J connectivity index is 1.57. The third-order valence-corrected chi connectivity index (χ3v) is 3.86. The van der Waals surface area contributed by atoms with Gasteiger partial charge in [-0.15, -0.1) is 0 Å². The fourth-order valence-electron chi connectivity index (χ4n) is 2.50. The van der Waals surface area contributed by atoms with Gasteiger partial charge in [0.15, 0.2) is 17.6 Å². The van der Waals surface area contributed by atoms with Gasteiger partial charge in [-0.3, -0.25) is 4.79 Å². The van der Waals surface area contributed by atoms with Gasteiger partial charge < -0.3 is 24.3 Å². The second-order valence-electron chi connectivity index (χ2n) is 5.85. The Morgan fingerprint density at radius 2 is 1.78 bits per heavy atom. The Kier molecular flexibility index (Phi) is 5.80. The fraction of sp³-hybridized carbons (Fsp3) is 0.300. The van der Waals surface area contributed by atoms with Crippen molar-refractivity contribution in [2.75, 3.05) is 25.1 Å². The second-order valence-corrected chi connectivity index (χ2v) is 5.85. The van der Waals surface area contributed by atoms with E-state index in [0.29, 0.717) is 48.3 Å². The van der Waals surface area contributed by atoms with E-state index in [-0.39, 0.29) is 0 Å². The van der Waals surface area contributed by atoms with Gasteiger partial charge in [-0.05, 0) is 50.2 Å². The topological polar surface area (TPSA) is 83.1 Å². The highest BCUT2D eigenvalue weighted by Gasteiger charge is 2.20. The summed E-state index contributed by atoms with van der Waals surface area (Å²) in [5, 5.41) is 2.70. The number of nitrogens with one attached hydrogen (secondary N) is 1. The number of carbonyl (C=O) groups excluding carboxylic acids is 2. The van der Waals surface area contributed by atoms with Crippen LogP contribution in [-0.4, -0.2) is 37.8 Å². The molecular formula is C20H21NO6. The van der Waals surface area contributed by atoms with E-state index in [9.17, 15) is 9.59 Å². The number of fused-ring (bicyclic) bond motifs is 1. The molecule has 7 nitrogen and oxygen atoms in total. The van der Waals surface area contributed by atoms with Gasteiger partial charge >= 0.3 is 5.97 Å². The van der Waals surface area contributed by atoms with Crippen LogP contribution in [0.4, 0.5) is 5.69 Å². The number of amides is 1. The van der Waals surface area contributed by atoms with Gasteiger partial charge in [-0.1, -0.05) is 0 Å². The number of anilines is 1. The molecule has 27 heavy (non-hydrogen) atoms. The summed E-state index contributed by atoms with van der Waals surface area (Å²) in [5.74, 6) is 0.847. The SMILES string of the molecule is CCOc1ccc(C(=O)O[C@H](C)C(=O)Nc2ccc3c(c2)OCCO3)cc1. The predicted octanol–water partition coefficient (Wildman–Crippen LogP) is 3.04. The zero-order chi connectivity index (χ0) is 19.2. The van der Waals surface area contributed by atoms with Crippen LogP contribution in [-0.2, 0) is 9.53 Å². The molecule has 0 spiro atoms. The first-order chi connectivity index (χ1) is 13.1. The van der Waals surface area contributed by atoms with Gasteiger partial charge in [0.05, 0.1) is 12.2 Å². The van der Waals surface area contributed by atoms with Crippen LogP contribution in [0.15, 0.2) is 42.5 Å². The first-order valence-corrected chi connectivity index (χ1v) is 8.71. The average Bonchev–Trinajstić information content (AvgIpc) is 2.68. The summed E-state index contributed by atoms with van der Waals surface area (Å²) in [7, 11) is 0. The summed E-state index contributed by atoms with van der Waals surface area (Å²) in [4.78, 5) is 24.5. The van der Waals surface area contributed by atoms with E-state index in [1.165, 1.54) is 6.92 Å². The van der Waals surface area contributed by atoms with Crippen molar-refractivity contribution in [2.24, 2.45) is 0 Å². The monoisotopic (exact) mass is 371 g/mol. The van der Waals surface area contributed by atoms with Crippen LogP contribution in [0, 0.1) is 0 Å². The van der Waals surface area contributed by atoms with E-state index in [4.69, 9.17) is 18.9 Å². The van der Waals surface area contributed by atoms with Gasteiger partial charge in [-0.2, -0.15) is 0 Å². The van der Waals surface area contributed by atoms with Crippen molar-refractivity contribution in [1.82, 2.24) is 0 Å². The lowest BCUT2D eigenvalue weighted by molar-refractivity contribution is -0.123. The van der Waals surface area contributed by atoms with Gasteiger partial charge in [0.1, 0.15) is 19.0 Å². The largest absolute Gasteiger partial charge is 0.494 e. The minimum atomic E-state index is -0.961. The summed E-state index contributed by atoms with van der Waals surface area (Å²) in [5.41, 5.74) is 0.880. The molecular weight excluding hydrogens is 350 g/mol. The molecule has 2 aromatic rings. The predicted molar refractivity (Wildman–Crippen MR) is 98.6 cm³/mol. The number of esters is 1. The lowest BCUT2D eigenvalue weighted by Gasteiger charge is -2.19. The van der Waals surface area contributed by atoms with Crippen LogP contribution in [0.5, 0.6) is 17.2 Å². The molecule has 0 fully saturated rings. The van der Waals surface area contributed by atoms with Crippen molar-refractivity contribution in [1.29, 1.82) is 0 Å². The van der Waals surface area contributed by atoms with Crippen LogP contribution in [0.25, 0.3) is 0 Å². The van der Waals surface area contributed by atoms with Gasteiger partial charge in [-0.25, -0.2) is 4.79 Å². The Bertz CT molecular complexity index is 818. The van der Waals surface area contributed by atoms with Crippen LogP contribution in [0.2, 0.25) is 0 Å². The maximum Gasteiger partial charge on any atom is 0.338 e. The Morgan fingerprint density at radius 3 is 2.48 bits per heavy atom. The highest BCUT2D eigenvalue weighted by Crippen LogP contribution is 2.32. The molecule has 0 bridgehead atoms. The zero-order valence-corrected chi connectivity index (χ0v) is 15.2. The molecule has 1 amide bonds. The van der Waals surface area contributed by atoms with E-state index in [0.717, 1.165) is 0 Å². The standard InChI is InChI=1S/C20H21NO6/c1-3-24-16-7-4-14(5-8-16)20(23)27-13(2)19(22)21-15-6-9-17-18(12-15)26-11-10-25-17/h4-9,12-13H,3,10-11H2,1-2H3,(H,21,22)/t13-/m1/s1. The highest BCUT2D eigenvalue weighted by molar-refractivity contribution is 5.97. The van der Waals surface area contributed by atoms with E-state index < -0.39 is 18.0 Å². The minimum Gasteiger partial charge on any atom is -0.494 e. The zero-order valence-electron chi connectivity index (χ0n) is 15.2. The molecule has 0 radical (unpaired) electrons. The van der Waals surface area contributed by atoms with Crippen molar-refractivity contribution in [3.05, 3.63) is 48.0 Å². The van der Waals surface area contributed by atoms with Crippen molar-refractivity contribution in [2.45, 2.75) is 20.0 Å². The van der Waals surface area contributed by atoms with Crippen molar-refractivity contribution in [3.8, 4) is 17.2 Å². The van der Waals surface area contributed by atoms with Crippen molar-refractivity contribution >= 4 is 17.6 Å². The van der Waals surface area contributed by atoms with Crippen LogP contribution in [0.3, 0.4) is 0 Å². The molecule has 142 valence electrons. The second kappa shape index (κ2) is 8.44. The van der Waals surface area contributed by atoms with E-state index >= 15 is 0 Å². The lowest BCUT2D eigenvalue weighted by Crippen LogP contribution is -2.30. The average molecular weight is 371 g/mol. The molecule has 1 aliphatic heterocycles. The van der Waals surface area contributed by atoms with Crippen LogP contribution >= 0.6 is 0 Å². The van der Waals surface area contributed by atoms with E-state index in [2.05, 4.69) is 5.32 Å². The summed E-state index contributed by atoms with van der Waals surface area (Å²) >= 11 is 0. The Morgan fingerprint density at radius 1 is 1.07 bits per heavy atom. The van der Waals surface area contributed by atoms with Gasteiger partial charge in [0, 0.05) is 11.8 Å². The normalized spacial score (nSPS) is 13.4.